The van der Waals surface area contributed by atoms with E-state index in [0.29, 0.717) is 0 Å². The predicted octanol–water partition coefficient (Wildman–Crippen LogP) is -18.1. The van der Waals surface area contributed by atoms with E-state index in [1.54, 1.807) is 0 Å². The number of halogens is 5. The van der Waals surface area contributed by atoms with Crippen molar-refractivity contribution in [3.05, 3.63) is 0 Å². The zero-order chi connectivity index (χ0) is 0. The van der Waals surface area contributed by atoms with Gasteiger partial charge in [0.05, 0.1) is 0 Å². The van der Waals surface area contributed by atoms with Crippen molar-refractivity contribution in [2.45, 2.75) is 0 Å². The average Bonchev–Trinajstić information content (AvgIpc) is 0. The van der Waals surface area contributed by atoms with Crippen LogP contribution in [-0.2, 0) is 0 Å². The molecule has 0 N–H and O–H groups in total. The number of hydrogen-bond donors (Lipinski definition) is 0. The molecule has 0 radical (unpaired) electrons. The molecule has 0 fully saturated rings. The van der Waals surface area contributed by atoms with Gasteiger partial charge in [0.25, 0.3) is 0 Å². The molecule has 0 aromatic heterocycles. The Morgan fingerprint density at radius 2 is 0.667 bits per heavy atom. The molecule has 0 bridgehead atoms. The molecule has 0 rings (SSSR count). The van der Waals surface area contributed by atoms with E-state index in [4.69, 9.17) is 0 Å². The van der Waals surface area contributed by atoms with Crippen molar-refractivity contribution in [3.63, 3.8) is 0 Å². The van der Waals surface area contributed by atoms with Crippen molar-refractivity contribution >= 4 is 73.2 Å². The van der Waals surface area contributed by atoms with Crippen molar-refractivity contribution in [2.24, 2.45) is 0 Å². The Kier molecular flexibility index (Phi) is 681. The minimum absolute atomic E-state index is 0. The summed E-state index contributed by atoms with van der Waals surface area (Å²) in [4.78, 5) is 0. The van der Waals surface area contributed by atoms with Gasteiger partial charge >= 0.3 is 120 Å². The molecule has 0 aliphatic rings. The summed E-state index contributed by atoms with van der Waals surface area (Å²) in [7, 11) is 0. The first-order valence-corrected chi connectivity index (χ1v) is 0. The van der Waals surface area contributed by atoms with Gasteiger partial charge in [-0.3, -0.25) is 0 Å². The first-order valence-electron chi connectivity index (χ1n) is 0. The molecule has 0 aliphatic carbocycles. The van der Waals surface area contributed by atoms with E-state index < -0.39 is 0 Å². The van der Waals surface area contributed by atoms with Crippen molar-refractivity contribution in [1.29, 1.82) is 0 Å². The molecule has 0 unspecified atom stereocenters. The minimum Gasteiger partial charge on any atom is -1.00 e. The second-order valence-electron chi connectivity index (χ2n) is 0. The van der Waals surface area contributed by atoms with Gasteiger partial charge in [0.1, 0.15) is 0 Å². The summed E-state index contributed by atoms with van der Waals surface area (Å²) in [5.74, 6) is 0. The van der Waals surface area contributed by atoms with Crippen molar-refractivity contribution in [1.82, 2.24) is 0 Å². The third-order valence-corrected chi connectivity index (χ3v) is 0. The van der Waals surface area contributed by atoms with E-state index in [1.165, 1.54) is 0 Å². The summed E-state index contributed by atoms with van der Waals surface area (Å²) in [6.07, 6.45) is 0. The summed E-state index contributed by atoms with van der Waals surface area (Å²) in [6, 6.07) is 0. The average molecular weight is 291 g/mol. The monoisotopic (exact) mass is 288 g/mol. The van der Waals surface area contributed by atoms with Crippen LogP contribution in [0.3, 0.4) is 0 Å². The topological polar surface area (TPSA) is 0 Å². The first-order chi connectivity index (χ1) is 0. The van der Waals surface area contributed by atoms with E-state index in [1.807, 2.05) is 0 Å². The molecule has 0 aliphatic heterocycles. The fourth-order valence-corrected chi connectivity index (χ4v) is 0. The van der Waals surface area contributed by atoms with Crippen LogP contribution >= 0.6 is 12.4 Å². The van der Waals surface area contributed by atoms with Crippen LogP contribution in [0.25, 0.3) is 0 Å². The predicted molar refractivity (Wildman–Crippen MR) is 21.0 cm³/mol. The molecule has 0 saturated carbocycles. The second-order valence-corrected chi connectivity index (χ2v) is 0. The molecule has 0 amide bonds. The van der Waals surface area contributed by atoms with Crippen LogP contribution < -0.4 is 109 Å². The van der Waals surface area contributed by atoms with Crippen LogP contribution in [0, 0.1) is 0 Å². The van der Waals surface area contributed by atoms with Gasteiger partial charge < -0.3 is 52.5 Å². The van der Waals surface area contributed by atoms with Gasteiger partial charge in [-0.15, -0.1) is 12.4 Å². The minimum atomic E-state index is 0. The van der Waals surface area contributed by atoms with Crippen LogP contribution in [0.1, 0.15) is 2.85 Å². The molecule has 0 heterocycles. The third kappa shape index (κ3) is 59.2. The van der Waals surface area contributed by atoms with Crippen LogP contribution in [0.5, 0.6) is 0 Å². The summed E-state index contributed by atoms with van der Waals surface area (Å²) in [5.41, 5.74) is 0. The summed E-state index contributed by atoms with van der Waals surface area (Å²) < 4.78 is 0. The quantitative estimate of drug-likeness (QED) is 0.389. The molecule has 0 aromatic rings. The fraction of sp³-hybridized carbons (Fsp3) is 0. The normalized spacial score (nSPS) is 0. The summed E-state index contributed by atoms with van der Waals surface area (Å²) >= 11 is 0. The van der Waals surface area contributed by atoms with Gasteiger partial charge in [-0.25, -0.2) is 0 Å². The fourth-order valence-electron chi connectivity index (χ4n) is 0. The van der Waals surface area contributed by atoms with Crippen LogP contribution in [-0.4, -0.2) is 60.8 Å². The molecule has 0 nitrogen and oxygen atoms in total. The van der Waals surface area contributed by atoms with Crippen LogP contribution in [0.4, 0.5) is 0 Å². The maximum atomic E-state index is 0. The standard InChI is InChI=1S/Ca.5ClH.Mg.2Na.2H/h;5*1H;;;;;/q+2;;;;;;+2;2*+1;2*-1/p-4. The third-order valence-electron chi connectivity index (χ3n) is 0. The van der Waals surface area contributed by atoms with E-state index in [0.717, 1.165) is 0 Å². The first kappa shape index (κ1) is 87.7. The molecule has 0 aromatic carbocycles. The van der Waals surface area contributed by atoms with Crippen LogP contribution in [0.2, 0.25) is 0 Å². The molecule has 9 heavy (non-hydrogen) atoms. The van der Waals surface area contributed by atoms with E-state index in [2.05, 4.69) is 0 Å². The molecule has 9 heteroatoms. The maximum Gasteiger partial charge on any atom is 2.00 e. The Morgan fingerprint density at radius 1 is 0.667 bits per heavy atom. The van der Waals surface area contributed by atoms with E-state index in [9.17, 15) is 0 Å². The molecule has 0 spiro atoms. The smallest absolute Gasteiger partial charge is 1.00 e. The molecule has 44 valence electrons. The van der Waals surface area contributed by atoms with Gasteiger partial charge in [0, 0.05) is 0 Å². The van der Waals surface area contributed by atoms with Crippen molar-refractivity contribution in [2.75, 3.05) is 0 Å². The molecular formula is H3CaCl5MgNa2. The van der Waals surface area contributed by atoms with Gasteiger partial charge in [0.2, 0.25) is 0 Å². The van der Waals surface area contributed by atoms with E-state index in [-0.39, 0.29) is 185 Å². The Morgan fingerprint density at radius 3 is 0.667 bits per heavy atom. The second kappa shape index (κ2) is 69.9. The van der Waals surface area contributed by atoms with Crippen molar-refractivity contribution in [3.8, 4) is 0 Å². The number of hydrogen-bond acceptors (Lipinski definition) is 0. The Hall–Kier alpha value is 5.48. The summed E-state index contributed by atoms with van der Waals surface area (Å²) in [6.45, 7) is 0. The summed E-state index contributed by atoms with van der Waals surface area (Å²) in [5, 5.41) is 0. The molecule has 0 saturated heterocycles. The molecular weight excluding hydrogens is 288 g/mol. The van der Waals surface area contributed by atoms with Gasteiger partial charge in [0.15, 0.2) is 0 Å². The SMILES string of the molecule is Cl.[Ca+2].[Cl-].[Cl-].[Cl-].[Cl-].[H-].[H-].[Mg+2].[Na+].[Na+]. The van der Waals surface area contributed by atoms with E-state index >= 15 is 0 Å². The zero-order valence-electron chi connectivity index (χ0n) is 7.33. The van der Waals surface area contributed by atoms with Gasteiger partial charge in [-0.1, -0.05) is 0 Å². The Labute approximate surface area is 180 Å². The number of rotatable bonds is 0. The van der Waals surface area contributed by atoms with Crippen molar-refractivity contribution < 1.29 is 112 Å². The van der Waals surface area contributed by atoms with Crippen LogP contribution in [0.15, 0.2) is 0 Å². The Bertz CT molecular complexity index is 22.4. The van der Waals surface area contributed by atoms with Gasteiger partial charge in [-0.2, -0.15) is 0 Å². The molecule has 0 atom stereocenters. The van der Waals surface area contributed by atoms with Gasteiger partial charge in [-0.05, 0) is 0 Å². The maximum absolute atomic E-state index is 0. The Balaban J connectivity index is 0. The zero-order valence-corrected chi connectivity index (χ0v) is 16.8. The largest absolute Gasteiger partial charge is 2.00 e.